The molecule has 0 aliphatic carbocycles. The Morgan fingerprint density at radius 1 is 1.50 bits per heavy atom. The summed E-state index contributed by atoms with van der Waals surface area (Å²) >= 11 is 0. The first kappa shape index (κ1) is 14.8. The van der Waals surface area contributed by atoms with Crippen LogP contribution in [0.25, 0.3) is 0 Å². The molecule has 1 aromatic rings. The van der Waals surface area contributed by atoms with Gasteiger partial charge in [-0.3, -0.25) is 4.79 Å². The molecule has 2 heterocycles. The van der Waals surface area contributed by atoms with E-state index >= 15 is 0 Å². The molecule has 1 unspecified atom stereocenters. The Hall–Kier alpha value is -1.62. The lowest BCUT2D eigenvalue weighted by atomic mass is 9.94. The van der Waals surface area contributed by atoms with E-state index in [1.54, 1.807) is 20.2 Å². The van der Waals surface area contributed by atoms with Gasteiger partial charge < -0.3 is 15.0 Å². The molecule has 1 aliphatic heterocycles. The lowest BCUT2D eigenvalue weighted by Crippen LogP contribution is -2.49. The van der Waals surface area contributed by atoms with Crippen LogP contribution < -0.4 is 5.32 Å². The fourth-order valence-corrected chi connectivity index (χ4v) is 2.65. The lowest BCUT2D eigenvalue weighted by Gasteiger charge is -2.39. The molecule has 1 fully saturated rings. The first-order chi connectivity index (χ1) is 9.47. The molecule has 0 bridgehead atoms. The number of likely N-dealkylation sites (tertiary alicyclic amines) is 1. The molecular formula is C15H23N3O2. The molecule has 1 amide bonds. The van der Waals surface area contributed by atoms with Crippen LogP contribution >= 0.6 is 0 Å². The van der Waals surface area contributed by atoms with Crippen molar-refractivity contribution in [2.45, 2.75) is 32.3 Å². The third kappa shape index (κ3) is 3.10. The van der Waals surface area contributed by atoms with Crippen molar-refractivity contribution < 1.29 is 9.53 Å². The summed E-state index contributed by atoms with van der Waals surface area (Å²) in [6.45, 7) is 5.38. The number of amides is 1. The van der Waals surface area contributed by atoms with Gasteiger partial charge in [0.05, 0.1) is 5.60 Å². The number of hydrogen-bond donors (Lipinski definition) is 1. The summed E-state index contributed by atoms with van der Waals surface area (Å²) in [6, 6.07) is 3.63. The van der Waals surface area contributed by atoms with E-state index in [4.69, 9.17) is 4.74 Å². The fraction of sp³-hybridized carbons (Fsp3) is 0.600. The van der Waals surface area contributed by atoms with Crippen molar-refractivity contribution in [1.29, 1.82) is 0 Å². The number of pyridine rings is 1. The minimum atomic E-state index is -0.234. The Morgan fingerprint density at radius 3 is 2.90 bits per heavy atom. The topological polar surface area (TPSA) is 54.5 Å². The van der Waals surface area contributed by atoms with Crippen LogP contribution in [0.4, 0.5) is 5.82 Å². The zero-order valence-electron chi connectivity index (χ0n) is 12.7. The monoisotopic (exact) mass is 277 g/mol. The van der Waals surface area contributed by atoms with Crippen LogP contribution in [-0.2, 0) is 4.74 Å². The van der Waals surface area contributed by atoms with Crippen LogP contribution in [0.15, 0.2) is 12.1 Å². The molecule has 0 aromatic carbocycles. The second-order valence-corrected chi connectivity index (χ2v) is 5.62. The second-order valence-electron chi connectivity index (χ2n) is 5.62. The summed E-state index contributed by atoms with van der Waals surface area (Å²) < 4.78 is 5.54. The molecule has 0 saturated carbocycles. The van der Waals surface area contributed by atoms with Crippen LogP contribution in [0.1, 0.15) is 35.8 Å². The van der Waals surface area contributed by atoms with Gasteiger partial charge in [-0.2, -0.15) is 0 Å². The number of ether oxygens (including phenoxy) is 1. The zero-order valence-corrected chi connectivity index (χ0v) is 12.7. The minimum Gasteiger partial charge on any atom is -0.377 e. The molecular weight excluding hydrogens is 254 g/mol. The van der Waals surface area contributed by atoms with Crippen molar-refractivity contribution in [3.8, 4) is 0 Å². The fourth-order valence-electron chi connectivity index (χ4n) is 2.65. The number of methoxy groups -OCH3 is 1. The van der Waals surface area contributed by atoms with Gasteiger partial charge in [-0.25, -0.2) is 4.98 Å². The van der Waals surface area contributed by atoms with Crippen molar-refractivity contribution in [3.63, 3.8) is 0 Å². The number of carbonyl (C=O) groups excluding carboxylic acids is 1. The number of aryl methyl sites for hydroxylation is 1. The van der Waals surface area contributed by atoms with Gasteiger partial charge in [-0.15, -0.1) is 0 Å². The van der Waals surface area contributed by atoms with Gasteiger partial charge in [-0.1, -0.05) is 0 Å². The van der Waals surface area contributed by atoms with Gasteiger partial charge in [0.2, 0.25) is 0 Å². The average Bonchev–Trinajstić information content (AvgIpc) is 2.45. The van der Waals surface area contributed by atoms with Gasteiger partial charge in [-0.05, 0) is 38.8 Å². The molecule has 1 aromatic heterocycles. The standard InChI is InChI=1S/C15H23N3O2/c1-11-8-12(9-13(16-3)17-11)14(19)18-7-5-6-15(2,10-18)20-4/h8-9H,5-7,10H2,1-4H3,(H,16,17). The van der Waals surface area contributed by atoms with E-state index in [0.29, 0.717) is 12.1 Å². The molecule has 1 aliphatic rings. The summed E-state index contributed by atoms with van der Waals surface area (Å²) in [4.78, 5) is 18.8. The van der Waals surface area contributed by atoms with Crippen molar-refractivity contribution in [2.75, 3.05) is 32.6 Å². The van der Waals surface area contributed by atoms with Crippen LogP contribution in [-0.4, -0.2) is 48.6 Å². The van der Waals surface area contributed by atoms with Gasteiger partial charge in [0.1, 0.15) is 5.82 Å². The summed E-state index contributed by atoms with van der Waals surface area (Å²) in [6.07, 6.45) is 1.96. The molecule has 20 heavy (non-hydrogen) atoms. The Morgan fingerprint density at radius 2 is 2.25 bits per heavy atom. The zero-order chi connectivity index (χ0) is 14.8. The van der Waals surface area contributed by atoms with Crippen LogP contribution in [0.3, 0.4) is 0 Å². The highest BCUT2D eigenvalue weighted by molar-refractivity contribution is 5.95. The molecule has 1 N–H and O–H groups in total. The Labute approximate surface area is 120 Å². The van der Waals surface area contributed by atoms with Crippen molar-refractivity contribution in [1.82, 2.24) is 9.88 Å². The second kappa shape index (κ2) is 5.79. The molecule has 0 spiro atoms. The minimum absolute atomic E-state index is 0.0509. The van der Waals surface area contributed by atoms with E-state index in [9.17, 15) is 4.79 Å². The number of piperidine rings is 1. The van der Waals surface area contributed by atoms with Crippen molar-refractivity contribution in [3.05, 3.63) is 23.4 Å². The van der Waals surface area contributed by atoms with E-state index in [1.807, 2.05) is 17.9 Å². The predicted octanol–water partition coefficient (Wildman–Crippen LogP) is 2.07. The number of carbonyl (C=O) groups is 1. The maximum atomic E-state index is 12.6. The summed E-state index contributed by atoms with van der Waals surface area (Å²) in [5, 5.41) is 2.99. The van der Waals surface area contributed by atoms with Gasteiger partial charge in [0.25, 0.3) is 5.91 Å². The summed E-state index contributed by atoms with van der Waals surface area (Å²) in [5.74, 6) is 0.773. The summed E-state index contributed by atoms with van der Waals surface area (Å²) in [7, 11) is 3.52. The first-order valence-corrected chi connectivity index (χ1v) is 6.98. The Kier molecular flexibility index (Phi) is 4.28. The third-order valence-electron chi connectivity index (χ3n) is 3.90. The van der Waals surface area contributed by atoms with Gasteiger partial charge in [0, 0.05) is 38.5 Å². The van der Waals surface area contributed by atoms with E-state index in [0.717, 1.165) is 30.9 Å². The Bertz CT molecular complexity index is 504. The maximum Gasteiger partial charge on any atom is 0.254 e. The SMILES string of the molecule is CNc1cc(C(=O)N2CCCC(C)(OC)C2)cc(C)n1. The van der Waals surface area contributed by atoms with E-state index < -0.39 is 0 Å². The van der Waals surface area contributed by atoms with Crippen molar-refractivity contribution in [2.24, 2.45) is 0 Å². The summed E-state index contributed by atoms with van der Waals surface area (Å²) in [5.41, 5.74) is 1.29. The molecule has 1 saturated heterocycles. The highest BCUT2D eigenvalue weighted by Crippen LogP contribution is 2.25. The van der Waals surface area contributed by atoms with Crippen LogP contribution in [0.2, 0.25) is 0 Å². The maximum absolute atomic E-state index is 12.6. The van der Waals surface area contributed by atoms with Crippen LogP contribution in [0, 0.1) is 6.92 Å². The number of nitrogens with zero attached hydrogens (tertiary/aromatic N) is 2. The molecule has 5 heteroatoms. The van der Waals surface area contributed by atoms with E-state index in [-0.39, 0.29) is 11.5 Å². The number of rotatable bonds is 3. The first-order valence-electron chi connectivity index (χ1n) is 6.98. The third-order valence-corrected chi connectivity index (χ3v) is 3.90. The normalized spacial score (nSPS) is 22.7. The Balaban J connectivity index is 2.20. The molecule has 0 radical (unpaired) electrons. The number of nitrogens with one attached hydrogen (secondary N) is 1. The van der Waals surface area contributed by atoms with Crippen molar-refractivity contribution >= 4 is 11.7 Å². The largest absolute Gasteiger partial charge is 0.377 e. The highest BCUT2D eigenvalue weighted by atomic mass is 16.5. The van der Waals surface area contributed by atoms with Crippen LogP contribution in [0.5, 0.6) is 0 Å². The van der Waals surface area contributed by atoms with Gasteiger partial charge >= 0.3 is 0 Å². The lowest BCUT2D eigenvalue weighted by molar-refractivity contribution is -0.0440. The molecule has 1 atom stereocenters. The predicted molar refractivity (Wildman–Crippen MR) is 79.1 cm³/mol. The molecule has 110 valence electrons. The number of hydrogen-bond acceptors (Lipinski definition) is 4. The van der Waals surface area contributed by atoms with E-state index in [1.165, 1.54) is 0 Å². The number of anilines is 1. The highest BCUT2D eigenvalue weighted by Gasteiger charge is 2.33. The number of aromatic nitrogens is 1. The smallest absolute Gasteiger partial charge is 0.254 e. The molecule has 5 nitrogen and oxygen atoms in total. The van der Waals surface area contributed by atoms with Gasteiger partial charge in [0.15, 0.2) is 0 Å². The average molecular weight is 277 g/mol. The molecule has 2 rings (SSSR count). The quantitative estimate of drug-likeness (QED) is 0.919. The van der Waals surface area contributed by atoms with E-state index in [2.05, 4.69) is 17.2 Å².